The number of carbonyl (C=O) groups excluding carboxylic acids is 1. The summed E-state index contributed by atoms with van der Waals surface area (Å²) in [6, 6.07) is 0. The predicted octanol–water partition coefficient (Wildman–Crippen LogP) is 2.19. The van der Waals surface area contributed by atoms with Crippen molar-refractivity contribution in [1.29, 1.82) is 0 Å². The summed E-state index contributed by atoms with van der Waals surface area (Å²) < 4.78 is 5.16. The van der Waals surface area contributed by atoms with Crippen LogP contribution < -0.4 is 16.0 Å². The fraction of sp³-hybridized carbons (Fsp3) is 0.857. The number of aliphatic imine (C=N–C) groups is 1. The van der Waals surface area contributed by atoms with Crippen LogP contribution in [0.15, 0.2) is 4.99 Å². The van der Waals surface area contributed by atoms with E-state index in [1.54, 1.807) is 7.05 Å². The number of thioether (sulfide) groups is 1. The van der Waals surface area contributed by atoms with Crippen molar-refractivity contribution in [3.63, 3.8) is 0 Å². The number of alkyl carbamates (subject to hydrolysis) is 1. The molecule has 130 valence electrons. The average Bonchev–Trinajstić information content (AvgIpc) is 2.89. The second-order valence-electron chi connectivity index (χ2n) is 5.94. The molecule has 0 spiro atoms. The number of halogens is 1. The van der Waals surface area contributed by atoms with Crippen LogP contribution in [-0.2, 0) is 4.74 Å². The molecule has 0 bridgehead atoms. The summed E-state index contributed by atoms with van der Waals surface area (Å²) >= 11 is 2.01. The van der Waals surface area contributed by atoms with Gasteiger partial charge in [0, 0.05) is 31.9 Å². The van der Waals surface area contributed by atoms with Gasteiger partial charge in [0.15, 0.2) is 5.96 Å². The van der Waals surface area contributed by atoms with Crippen LogP contribution in [0.4, 0.5) is 4.79 Å². The Labute approximate surface area is 155 Å². The Morgan fingerprint density at radius 2 is 1.95 bits per heavy atom. The Bertz CT molecular complexity index is 355. The Balaban J connectivity index is 0.00000441. The standard InChI is InChI=1S/C14H28N4O2S.HI/c1-14(2,3)20-13(19)17-8-7-16-12(15-4)18-10-11-6-5-9-21-11;/h11H,5-10H2,1-4H3,(H,17,19)(H2,15,16,18);1H. The van der Waals surface area contributed by atoms with Gasteiger partial charge in [-0.15, -0.1) is 24.0 Å². The van der Waals surface area contributed by atoms with Gasteiger partial charge in [0.25, 0.3) is 0 Å². The molecule has 3 N–H and O–H groups in total. The SMILES string of the molecule is CN=C(NCCNC(=O)OC(C)(C)C)NCC1CCCS1.I. The molecule has 1 atom stereocenters. The first-order valence-electron chi connectivity index (χ1n) is 7.43. The number of nitrogens with one attached hydrogen (secondary N) is 3. The molecule has 1 unspecified atom stereocenters. The van der Waals surface area contributed by atoms with Gasteiger partial charge in [-0.2, -0.15) is 11.8 Å². The van der Waals surface area contributed by atoms with E-state index in [1.165, 1.54) is 18.6 Å². The fourth-order valence-corrected chi connectivity index (χ4v) is 3.10. The number of hydrogen-bond acceptors (Lipinski definition) is 4. The van der Waals surface area contributed by atoms with Crippen LogP contribution in [0, 0.1) is 0 Å². The topological polar surface area (TPSA) is 74.8 Å². The molecule has 0 aromatic heterocycles. The van der Waals surface area contributed by atoms with Crippen molar-refractivity contribution < 1.29 is 9.53 Å². The van der Waals surface area contributed by atoms with Gasteiger partial charge < -0.3 is 20.7 Å². The van der Waals surface area contributed by atoms with Crippen molar-refractivity contribution in [3.05, 3.63) is 0 Å². The predicted molar refractivity (Wildman–Crippen MR) is 104 cm³/mol. The summed E-state index contributed by atoms with van der Waals surface area (Å²) in [5.41, 5.74) is -0.464. The Kier molecular flexibility index (Phi) is 11.0. The maximum atomic E-state index is 11.5. The second-order valence-corrected chi connectivity index (χ2v) is 7.35. The lowest BCUT2D eigenvalue weighted by Gasteiger charge is -2.20. The number of nitrogens with zero attached hydrogens (tertiary/aromatic N) is 1. The van der Waals surface area contributed by atoms with E-state index in [4.69, 9.17) is 4.74 Å². The van der Waals surface area contributed by atoms with E-state index in [2.05, 4.69) is 20.9 Å². The Morgan fingerprint density at radius 1 is 1.27 bits per heavy atom. The maximum absolute atomic E-state index is 11.5. The van der Waals surface area contributed by atoms with Crippen LogP contribution >= 0.6 is 35.7 Å². The minimum Gasteiger partial charge on any atom is -0.444 e. The van der Waals surface area contributed by atoms with Crippen LogP contribution in [0.3, 0.4) is 0 Å². The monoisotopic (exact) mass is 444 g/mol. The number of guanidine groups is 1. The molecule has 8 heteroatoms. The highest BCUT2D eigenvalue weighted by atomic mass is 127. The molecule has 0 aromatic rings. The minimum absolute atomic E-state index is 0. The summed E-state index contributed by atoms with van der Waals surface area (Å²) in [6.45, 7) is 7.57. The van der Waals surface area contributed by atoms with E-state index in [1.807, 2.05) is 32.5 Å². The summed E-state index contributed by atoms with van der Waals surface area (Å²) in [5, 5.41) is 9.87. The number of carbonyl (C=O) groups is 1. The molecule has 1 rings (SSSR count). The van der Waals surface area contributed by atoms with Crippen molar-refractivity contribution in [2.45, 2.75) is 44.5 Å². The van der Waals surface area contributed by atoms with Crippen molar-refractivity contribution in [1.82, 2.24) is 16.0 Å². The molecule has 22 heavy (non-hydrogen) atoms. The third kappa shape index (κ3) is 10.4. The van der Waals surface area contributed by atoms with E-state index in [9.17, 15) is 4.79 Å². The molecule has 1 saturated heterocycles. The average molecular weight is 444 g/mol. The normalized spacial score (nSPS) is 18.4. The molecule has 1 fully saturated rings. The van der Waals surface area contributed by atoms with Crippen molar-refractivity contribution in [3.8, 4) is 0 Å². The van der Waals surface area contributed by atoms with Crippen LogP contribution in [0.5, 0.6) is 0 Å². The van der Waals surface area contributed by atoms with Gasteiger partial charge in [0.2, 0.25) is 0 Å². The van der Waals surface area contributed by atoms with Gasteiger partial charge >= 0.3 is 6.09 Å². The van der Waals surface area contributed by atoms with Crippen molar-refractivity contribution in [2.75, 3.05) is 32.4 Å². The van der Waals surface area contributed by atoms with E-state index in [0.29, 0.717) is 18.3 Å². The third-order valence-corrected chi connectivity index (χ3v) is 4.23. The van der Waals surface area contributed by atoms with E-state index < -0.39 is 11.7 Å². The van der Waals surface area contributed by atoms with Gasteiger partial charge in [-0.05, 0) is 39.4 Å². The molecule has 6 nitrogen and oxygen atoms in total. The van der Waals surface area contributed by atoms with E-state index in [0.717, 1.165) is 12.5 Å². The van der Waals surface area contributed by atoms with E-state index >= 15 is 0 Å². The highest BCUT2D eigenvalue weighted by molar-refractivity contribution is 14.0. The molecule has 1 aliphatic heterocycles. The summed E-state index contributed by atoms with van der Waals surface area (Å²) in [6.07, 6.45) is 2.19. The van der Waals surface area contributed by atoms with Crippen LogP contribution in [-0.4, -0.2) is 55.3 Å². The van der Waals surface area contributed by atoms with Gasteiger partial charge in [-0.3, -0.25) is 4.99 Å². The summed E-state index contributed by atoms with van der Waals surface area (Å²) in [5.74, 6) is 2.03. The summed E-state index contributed by atoms with van der Waals surface area (Å²) in [7, 11) is 1.75. The number of hydrogen-bond donors (Lipinski definition) is 3. The molecule has 0 saturated carbocycles. The Morgan fingerprint density at radius 3 is 2.50 bits per heavy atom. The lowest BCUT2D eigenvalue weighted by Crippen LogP contribution is -2.43. The molecule has 0 aromatic carbocycles. The Hall–Kier alpha value is -0.380. The molecule has 1 aliphatic rings. The van der Waals surface area contributed by atoms with E-state index in [-0.39, 0.29) is 24.0 Å². The number of amides is 1. The molecular weight excluding hydrogens is 415 g/mol. The minimum atomic E-state index is -0.464. The highest BCUT2D eigenvalue weighted by Gasteiger charge is 2.16. The quantitative estimate of drug-likeness (QED) is 0.263. The van der Waals surface area contributed by atoms with Crippen LogP contribution in [0.2, 0.25) is 0 Å². The first-order chi connectivity index (χ1) is 9.90. The number of rotatable bonds is 5. The van der Waals surface area contributed by atoms with Gasteiger partial charge in [-0.1, -0.05) is 0 Å². The molecule has 0 radical (unpaired) electrons. The zero-order valence-electron chi connectivity index (χ0n) is 13.9. The van der Waals surface area contributed by atoms with Crippen molar-refractivity contribution in [2.24, 2.45) is 4.99 Å². The zero-order chi connectivity index (χ0) is 15.7. The summed E-state index contributed by atoms with van der Waals surface area (Å²) in [4.78, 5) is 15.6. The van der Waals surface area contributed by atoms with Crippen LogP contribution in [0.25, 0.3) is 0 Å². The molecular formula is C14H29IN4O2S. The largest absolute Gasteiger partial charge is 0.444 e. The zero-order valence-corrected chi connectivity index (χ0v) is 17.0. The molecule has 1 amide bonds. The third-order valence-electron chi connectivity index (χ3n) is 2.83. The smallest absolute Gasteiger partial charge is 0.407 e. The van der Waals surface area contributed by atoms with Gasteiger partial charge in [-0.25, -0.2) is 4.79 Å². The first kappa shape index (κ1) is 21.6. The van der Waals surface area contributed by atoms with Gasteiger partial charge in [0.1, 0.15) is 5.60 Å². The first-order valence-corrected chi connectivity index (χ1v) is 8.48. The lowest BCUT2D eigenvalue weighted by atomic mass is 10.2. The lowest BCUT2D eigenvalue weighted by molar-refractivity contribution is 0.0529. The van der Waals surface area contributed by atoms with Gasteiger partial charge in [0.05, 0.1) is 0 Å². The molecule has 0 aliphatic carbocycles. The number of ether oxygens (including phenoxy) is 1. The van der Waals surface area contributed by atoms with Crippen molar-refractivity contribution >= 4 is 47.8 Å². The fourth-order valence-electron chi connectivity index (χ4n) is 1.90. The van der Waals surface area contributed by atoms with Crippen LogP contribution in [0.1, 0.15) is 33.6 Å². The second kappa shape index (κ2) is 11.2. The maximum Gasteiger partial charge on any atom is 0.407 e. The highest BCUT2D eigenvalue weighted by Crippen LogP contribution is 2.25. The molecule has 1 heterocycles.